The number of sulfonamides is 1. The van der Waals surface area contributed by atoms with Gasteiger partial charge in [-0.3, -0.25) is 0 Å². The number of nitrogens with one attached hydrogen (secondary N) is 1. The van der Waals surface area contributed by atoms with Crippen LogP contribution in [0.4, 0.5) is 10.1 Å². The fraction of sp³-hybridized carbons (Fsp3) is 0.538. The van der Waals surface area contributed by atoms with Crippen LogP contribution in [0.3, 0.4) is 0 Å². The number of benzene rings is 1. The van der Waals surface area contributed by atoms with Crippen molar-refractivity contribution in [3.8, 4) is 5.75 Å². The van der Waals surface area contributed by atoms with Crippen molar-refractivity contribution < 1.29 is 22.7 Å². The highest BCUT2D eigenvalue weighted by Gasteiger charge is 2.42. The summed E-state index contributed by atoms with van der Waals surface area (Å²) in [4.78, 5) is -0.238. The molecule has 1 saturated carbocycles. The van der Waals surface area contributed by atoms with Crippen LogP contribution in [-0.4, -0.2) is 33.8 Å². The molecule has 1 aromatic rings. The summed E-state index contributed by atoms with van der Waals surface area (Å²) in [7, 11) is -2.59. The number of aliphatic hydroxyl groups is 1. The smallest absolute Gasteiger partial charge is 0.240 e. The van der Waals surface area contributed by atoms with E-state index in [9.17, 15) is 12.8 Å². The summed E-state index contributed by atoms with van der Waals surface area (Å²) in [6.45, 7) is 0.245. The summed E-state index contributed by atoms with van der Waals surface area (Å²) in [5.41, 5.74) is 5.34. The first-order chi connectivity index (χ1) is 9.83. The molecule has 0 amide bonds. The maximum Gasteiger partial charge on any atom is 0.240 e. The van der Waals surface area contributed by atoms with Gasteiger partial charge < -0.3 is 15.6 Å². The molecule has 0 aliphatic heterocycles. The van der Waals surface area contributed by atoms with Gasteiger partial charge in [-0.2, -0.15) is 0 Å². The molecule has 118 valence electrons. The van der Waals surface area contributed by atoms with Crippen LogP contribution in [0.25, 0.3) is 0 Å². The molecule has 21 heavy (non-hydrogen) atoms. The maximum atomic E-state index is 13.7. The lowest BCUT2D eigenvalue weighted by molar-refractivity contribution is 0.249. The van der Waals surface area contributed by atoms with Gasteiger partial charge in [0.2, 0.25) is 10.0 Å². The molecule has 8 heteroatoms. The molecule has 0 aromatic heterocycles. The lowest BCUT2D eigenvalue weighted by Gasteiger charge is -2.15. The fourth-order valence-corrected chi connectivity index (χ4v) is 3.42. The minimum atomic E-state index is -3.85. The summed E-state index contributed by atoms with van der Waals surface area (Å²) in [6.07, 6.45) is 2.29. The van der Waals surface area contributed by atoms with E-state index in [1.807, 2.05) is 0 Å². The van der Waals surface area contributed by atoms with E-state index in [2.05, 4.69) is 4.72 Å². The molecule has 1 aliphatic carbocycles. The monoisotopic (exact) mass is 318 g/mol. The topological polar surface area (TPSA) is 102 Å². The highest BCUT2D eigenvalue weighted by molar-refractivity contribution is 7.89. The van der Waals surface area contributed by atoms with Crippen molar-refractivity contribution in [1.82, 2.24) is 4.72 Å². The second-order valence-electron chi connectivity index (χ2n) is 5.33. The van der Waals surface area contributed by atoms with Gasteiger partial charge in [0.05, 0.1) is 17.7 Å². The third-order valence-corrected chi connectivity index (χ3v) is 5.18. The van der Waals surface area contributed by atoms with E-state index < -0.39 is 15.8 Å². The Balaban J connectivity index is 2.16. The first-order valence-corrected chi connectivity index (χ1v) is 8.05. The average molecular weight is 318 g/mol. The average Bonchev–Trinajstić information content (AvgIpc) is 3.17. The SMILES string of the molecule is COc1c(N)cc(S(=O)(=O)NCC2(CCO)CC2)cc1F. The molecular formula is C13H19FN2O4S. The molecule has 2 rings (SSSR count). The number of anilines is 1. The van der Waals surface area contributed by atoms with Gasteiger partial charge in [-0.05, 0) is 36.8 Å². The van der Waals surface area contributed by atoms with Crippen molar-refractivity contribution in [2.24, 2.45) is 5.41 Å². The summed E-state index contributed by atoms with van der Waals surface area (Å²) in [6, 6.07) is 2.04. The van der Waals surface area contributed by atoms with Crippen LogP contribution < -0.4 is 15.2 Å². The zero-order valence-electron chi connectivity index (χ0n) is 11.7. The molecule has 4 N–H and O–H groups in total. The molecule has 0 spiro atoms. The summed E-state index contributed by atoms with van der Waals surface area (Å²) < 4.78 is 45.3. The molecule has 0 unspecified atom stereocenters. The van der Waals surface area contributed by atoms with Crippen LogP contribution in [-0.2, 0) is 10.0 Å². The second-order valence-corrected chi connectivity index (χ2v) is 7.09. The number of nitrogen functional groups attached to an aromatic ring is 1. The summed E-state index contributed by atoms with van der Waals surface area (Å²) in [5, 5.41) is 8.96. The molecule has 0 heterocycles. The van der Waals surface area contributed by atoms with Crippen LogP contribution in [0.5, 0.6) is 5.75 Å². The lowest BCUT2D eigenvalue weighted by atomic mass is 10.0. The van der Waals surface area contributed by atoms with Crippen molar-refractivity contribution >= 4 is 15.7 Å². The predicted molar refractivity (Wildman–Crippen MR) is 75.9 cm³/mol. The van der Waals surface area contributed by atoms with Crippen molar-refractivity contribution in [3.05, 3.63) is 17.9 Å². The van der Waals surface area contributed by atoms with Gasteiger partial charge in [-0.1, -0.05) is 0 Å². The third kappa shape index (κ3) is 3.45. The standard InChI is InChI=1S/C13H19FN2O4S/c1-20-12-10(14)6-9(7-11(12)15)21(18,19)16-8-13(2-3-13)4-5-17/h6-7,16-17H,2-5,8,15H2,1H3. The van der Waals surface area contributed by atoms with Gasteiger partial charge in [0, 0.05) is 13.2 Å². The fourth-order valence-electron chi connectivity index (χ4n) is 2.22. The largest absolute Gasteiger partial charge is 0.492 e. The third-order valence-electron chi connectivity index (χ3n) is 3.80. The Labute approximate surface area is 123 Å². The normalized spacial score (nSPS) is 16.7. The summed E-state index contributed by atoms with van der Waals surface area (Å²) in [5.74, 6) is -0.998. The Bertz CT molecular complexity index is 606. The van der Waals surface area contributed by atoms with Crippen molar-refractivity contribution in [2.45, 2.75) is 24.2 Å². The zero-order valence-corrected chi connectivity index (χ0v) is 12.5. The van der Waals surface area contributed by atoms with Gasteiger partial charge >= 0.3 is 0 Å². The Kier molecular flexibility index (Phi) is 4.40. The van der Waals surface area contributed by atoms with E-state index in [-0.39, 0.29) is 34.9 Å². The van der Waals surface area contributed by atoms with Crippen molar-refractivity contribution in [3.63, 3.8) is 0 Å². The minimum absolute atomic E-state index is 0.0197. The van der Waals surface area contributed by atoms with E-state index in [0.29, 0.717) is 6.42 Å². The number of hydrogen-bond donors (Lipinski definition) is 3. The Morgan fingerprint density at radius 1 is 1.48 bits per heavy atom. The first-order valence-electron chi connectivity index (χ1n) is 6.57. The van der Waals surface area contributed by atoms with Gasteiger partial charge in [-0.15, -0.1) is 0 Å². The molecule has 0 bridgehead atoms. The number of halogens is 1. The number of hydrogen-bond acceptors (Lipinski definition) is 5. The van der Waals surface area contributed by atoms with Crippen LogP contribution in [0.15, 0.2) is 17.0 Å². The zero-order chi connectivity index (χ0) is 15.7. The Morgan fingerprint density at radius 3 is 2.62 bits per heavy atom. The molecule has 0 atom stereocenters. The van der Waals surface area contributed by atoms with Gasteiger partial charge in [-0.25, -0.2) is 17.5 Å². The number of methoxy groups -OCH3 is 1. The quantitative estimate of drug-likeness (QED) is 0.647. The van der Waals surface area contributed by atoms with Crippen molar-refractivity contribution in [1.29, 1.82) is 0 Å². The Morgan fingerprint density at radius 2 is 2.14 bits per heavy atom. The van der Waals surface area contributed by atoms with E-state index in [4.69, 9.17) is 15.6 Å². The van der Waals surface area contributed by atoms with Gasteiger partial charge in [0.25, 0.3) is 0 Å². The molecular weight excluding hydrogens is 299 g/mol. The number of nitrogens with two attached hydrogens (primary N) is 1. The summed E-state index contributed by atoms with van der Waals surface area (Å²) >= 11 is 0. The van der Waals surface area contributed by atoms with Crippen LogP contribution in [0, 0.1) is 11.2 Å². The predicted octanol–water partition coefficient (Wildman–Crippen LogP) is 0.857. The van der Waals surface area contributed by atoms with Crippen LogP contribution in [0.1, 0.15) is 19.3 Å². The van der Waals surface area contributed by atoms with Crippen molar-refractivity contribution in [2.75, 3.05) is 26.0 Å². The minimum Gasteiger partial charge on any atom is -0.492 e. The molecule has 0 radical (unpaired) electrons. The molecule has 1 fully saturated rings. The van der Waals surface area contributed by atoms with E-state index in [1.54, 1.807) is 0 Å². The molecule has 1 aromatic carbocycles. The Hall–Kier alpha value is -1.38. The maximum absolute atomic E-state index is 13.7. The number of rotatable bonds is 7. The number of ether oxygens (including phenoxy) is 1. The van der Waals surface area contributed by atoms with Crippen LogP contribution in [0.2, 0.25) is 0 Å². The van der Waals surface area contributed by atoms with E-state index in [0.717, 1.165) is 25.0 Å². The van der Waals surface area contributed by atoms with E-state index in [1.165, 1.54) is 7.11 Å². The molecule has 6 nitrogen and oxygen atoms in total. The first kappa shape index (κ1) is 16.0. The van der Waals surface area contributed by atoms with Gasteiger partial charge in [0.1, 0.15) is 0 Å². The molecule has 1 aliphatic rings. The van der Waals surface area contributed by atoms with E-state index >= 15 is 0 Å². The van der Waals surface area contributed by atoms with Gasteiger partial charge in [0.15, 0.2) is 11.6 Å². The highest BCUT2D eigenvalue weighted by atomic mass is 32.2. The highest BCUT2D eigenvalue weighted by Crippen LogP contribution is 2.48. The van der Waals surface area contributed by atoms with Crippen LogP contribution >= 0.6 is 0 Å². The second kappa shape index (κ2) is 5.78. The lowest BCUT2D eigenvalue weighted by Crippen LogP contribution is -2.31. The molecule has 0 saturated heterocycles. The number of aliphatic hydroxyl groups excluding tert-OH is 1.